The normalized spacial score (nSPS) is 11.6. The molecule has 0 saturated carbocycles. The van der Waals surface area contributed by atoms with Crippen LogP contribution >= 0.6 is 0 Å². The van der Waals surface area contributed by atoms with Crippen LogP contribution in [-0.4, -0.2) is 0 Å². The predicted molar refractivity (Wildman–Crippen MR) is 41.6 cm³/mol. The molecule has 1 aliphatic rings. The minimum Gasteiger partial charge on any atom is -1.00 e. The molecule has 0 N–H and O–H groups in total. The summed E-state index contributed by atoms with van der Waals surface area (Å²) in [7, 11) is 0. The number of hydrogen-bond acceptors (Lipinski definition) is 0. The Balaban J connectivity index is -0.000000333. The summed E-state index contributed by atoms with van der Waals surface area (Å²) in [6.45, 7) is 2.27. The van der Waals surface area contributed by atoms with Crippen LogP contribution in [0.1, 0.15) is 26.2 Å². The summed E-state index contributed by atoms with van der Waals surface area (Å²) in [5.41, 5.74) is 0. The Hall–Kier alpha value is 1.06. The molecule has 0 fully saturated rings. The third-order valence-corrected chi connectivity index (χ3v) is 3.88. The van der Waals surface area contributed by atoms with Crippen molar-refractivity contribution < 1.29 is 56.4 Å². The molecular weight excluding hydrogens is 262 g/mol. The molecule has 0 nitrogen and oxygen atoms in total. The summed E-state index contributed by atoms with van der Waals surface area (Å²) in [6.07, 6.45) is 10.9. The zero-order valence-electron chi connectivity index (χ0n) is 7.69. The average Bonchev–Trinajstić information content (AvgIpc) is 2.41. The molecule has 0 spiro atoms. The Kier molecular flexibility index (Phi) is 19.7. The first-order valence-corrected chi connectivity index (χ1v) is 5.91. The monoisotopic (exact) mass is 275 g/mol. The van der Waals surface area contributed by atoms with Crippen molar-refractivity contribution in [3.63, 3.8) is 0 Å². The molecule has 0 saturated heterocycles. The van der Waals surface area contributed by atoms with Gasteiger partial charge in [-0.15, -0.1) is 0 Å². The number of rotatable bonds is 4. The Morgan fingerprint density at radius 1 is 1.31 bits per heavy atom. The van der Waals surface area contributed by atoms with Crippen LogP contribution in [0.25, 0.3) is 0 Å². The number of halogens is 3. The van der Waals surface area contributed by atoms with Crippen molar-refractivity contribution in [2.45, 2.75) is 30.9 Å². The van der Waals surface area contributed by atoms with E-state index < -0.39 is 0 Å². The first kappa shape index (κ1) is 19.6. The van der Waals surface area contributed by atoms with E-state index in [4.69, 9.17) is 0 Å². The van der Waals surface area contributed by atoms with Gasteiger partial charge in [-0.1, -0.05) is 0 Å². The standard InChI is InChI=1S/C5H5.C4H9.3ClH.Ti/c1-2-4-5-3-1;1-3-4-2;;;;/h1-3H,4H2;1,3-4H2,2H3;3*1H;/q;;;;;+3/p-3. The second-order valence-electron chi connectivity index (χ2n) is 2.60. The quantitative estimate of drug-likeness (QED) is 0.354. The van der Waals surface area contributed by atoms with Gasteiger partial charge in [0.1, 0.15) is 0 Å². The van der Waals surface area contributed by atoms with Gasteiger partial charge in [0.05, 0.1) is 0 Å². The summed E-state index contributed by atoms with van der Waals surface area (Å²) in [6, 6.07) is 0. The minimum absolute atomic E-state index is 0. The molecule has 0 aromatic carbocycles. The fourth-order valence-electron chi connectivity index (χ4n) is 1.00. The molecule has 4 heteroatoms. The van der Waals surface area contributed by atoms with Crippen LogP contribution in [0.15, 0.2) is 22.1 Å². The van der Waals surface area contributed by atoms with Crippen molar-refractivity contribution in [1.29, 1.82) is 0 Å². The molecule has 0 aromatic rings. The van der Waals surface area contributed by atoms with E-state index in [0.717, 1.165) is 0 Å². The first-order chi connectivity index (χ1) is 4.93. The van der Waals surface area contributed by atoms with E-state index in [0.29, 0.717) is 0 Å². The molecule has 0 unspecified atom stereocenters. The molecule has 13 heavy (non-hydrogen) atoms. The van der Waals surface area contributed by atoms with Crippen LogP contribution in [0.3, 0.4) is 0 Å². The van der Waals surface area contributed by atoms with E-state index in [1.54, 1.807) is 3.88 Å². The topological polar surface area (TPSA) is 0 Å². The second kappa shape index (κ2) is 13.1. The van der Waals surface area contributed by atoms with E-state index in [2.05, 4.69) is 25.2 Å². The number of hydrogen-bond donors (Lipinski definition) is 0. The third-order valence-electron chi connectivity index (χ3n) is 1.65. The summed E-state index contributed by atoms with van der Waals surface area (Å²) in [4.78, 5) is 0. The molecule has 1 aliphatic carbocycles. The Morgan fingerprint density at radius 2 is 2.00 bits per heavy atom. The maximum absolute atomic E-state index is 2.32. The fraction of sp³-hybridized carbons (Fsp3) is 0.556. The Morgan fingerprint density at radius 3 is 2.46 bits per heavy atom. The van der Waals surface area contributed by atoms with Crippen molar-refractivity contribution in [2.75, 3.05) is 0 Å². The van der Waals surface area contributed by atoms with Crippen molar-refractivity contribution in [2.24, 2.45) is 0 Å². The van der Waals surface area contributed by atoms with Gasteiger partial charge in [0.2, 0.25) is 0 Å². The van der Waals surface area contributed by atoms with Crippen LogP contribution in [0.2, 0.25) is 4.73 Å². The van der Waals surface area contributed by atoms with Gasteiger partial charge >= 0.3 is 72.2 Å². The van der Waals surface area contributed by atoms with Crippen LogP contribution < -0.4 is 37.2 Å². The third kappa shape index (κ3) is 9.37. The molecule has 0 amide bonds. The average molecular weight is 276 g/mol. The van der Waals surface area contributed by atoms with E-state index in [1.165, 1.54) is 24.0 Å². The molecule has 75 valence electrons. The zero-order chi connectivity index (χ0) is 7.23. The van der Waals surface area contributed by atoms with Crippen LogP contribution in [0.4, 0.5) is 0 Å². The first-order valence-electron chi connectivity index (χ1n) is 4.03. The molecule has 1 rings (SSSR count). The maximum atomic E-state index is 2.32. The molecule has 0 aromatic heterocycles. The summed E-state index contributed by atoms with van der Waals surface area (Å²) < 4.78 is 3.25. The van der Waals surface area contributed by atoms with Gasteiger partial charge in [-0.05, 0) is 0 Å². The van der Waals surface area contributed by atoms with Crippen molar-refractivity contribution >= 4 is 0 Å². The van der Waals surface area contributed by atoms with Crippen LogP contribution in [-0.2, 0) is 19.2 Å². The van der Waals surface area contributed by atoms with E-state index in [-0.39, 0.29) is 56.4 Å². The summed E-state index contributed by atoms with van der Waals surface area (Å²) >= 11 is 0.290. The summed E-state index contributed by atoms with van der Waals surface area (Å²) in [5.74, 6) is 0. The van der Waals surface area contributed by atoms with Crippen molar-refractivity contribution in [3.05, 3.63) is 22.1 Å². The van der Waals surface area contributed by atoms with Gasteiger partial charge in [-0.2, -0.15) is 0 Å². The second-order valence-corrected chi connectivity index (χ2v) is 4.94. The SMILES string of the molecule is CCC[CH2][Ti+3][C]1=CC=CC1.[Cl-].[Cl-].[Cl-]. The van der Waals surface area contributed by atoms with Gasteiger partial charge in [0, 0.05) is 0 Å². The largest absolute Gasteiger partial charge is 1.00 e. The predicted octanol–water partition coefficient (Wildman–Crippen LogP) is -5.86. The Bertz CT molecular complexity index is 155. The van der Waals surface area contributed by atoms with E-state index in [9.17, 15) is 0 Å². The molecule has 0 aliphatic heterocycles. The van der Waals surface area contributed by atoms with E-state index in [1.807, 2.05) is 0 Å². The molecule has 0 heterocycles. The molecule has 0 radical (unpaired) electrons. The zero-order valence-corrected chi connectivity index (χ0v) is 11.5. The van der Waals surface area contributed by atoms with Crippen LogP contribution in [0, 0.1) is 0 Å². The smallest absolute Gasteiger partial charge is 1.00 e. The van der Waals surface area contributed by atoms with E-state index >= 15 is 0 Å². The Labute approximate surface area is 109 Å². The van der Waals surface area contributed by atoms with Gasteiger partial charge in [0.15, 0.2) is 0 Å². The number of unbranched alkanes of at least 4 members (excludes halogenated alkanes) is 1. The van der Waals surface area contributed by atoms with Gasteiger partial charge in [-0.25, -0.2) is 0 Å². The minimum atomic E-state index is 0. The van der Waals surface area contributed by atoms with Crippen molar-refractivity contribution in [1.82, 2.24) is 0 Å². The van der Waals surface area contributed by atoms with Gasteiger partial charge < -0.3 is 37.2 Å². The molecule has 0 atom stereocenters. The summed E-state index contributed by atoms with van der Waals surface area (Å²) in [5, 5.41) is 0. The fourth-order valence-corrected chi connectivity index (χ4v) is 3.08. The molecule has 0 bridgehead atoms. The maximum Gasteiger partial charge on any atom is -1.00 e. The van der Waals surface area contributed by atoms with Gasteiger partial charge in [-0.3, -0.25) is 0 Å². The van der Waals surface area contributed by atoms with Gasteiger partial charge in [0.25, 0.3) is 0 Å². The van der Waals surface area contributed by atoms with Crippen LogP contribution in [0.5, 0.6) is 0 Å². The van der Waals surface area contributed by atoms with Crippen molar-refractivity contribution in [3.8, 4) is 0 Å². The number of allylic oxidation sites excluding steroid dienone is 4. The molecular formula is C9H14Cl3Ti.